The third kappa shape index (κ3) is 2.37. The normalized spacial score (nSPS) is 38.0. The van der Waals surface area contributed by atoms with Crippen molar-refractivity contribution >= 4 is 11.6 Å². The maximum Gasteiger partial charge on any atom is 0.220 e. The Morgan fingerprint density at radius 2 is 2.00 bits per heavy atom. The van der Waals surface area contributed by atoms with E-state index in [9.17, 15) is 19.8 Å². The number of quaternary nitrogens is 1. The zero-order valence-electron chi connectivity index (χ0n) is 15.5. The number of hydrogen-bond donors (Lipinski definition) is 3. The summed E-state index contributed by atoms with van der Waals surface area (Å²) < 4.78 is 0. The van der Waals surface area contributed by atoms with Gasteiger partial charge in [-0.25, -0.2) is 0 Å². The summed E-state index contributed by atoms with van der Waals surface area (Å²) in [4.78, 5) is 25.8. The maximum atomic E-state index is 12.4. The molecule has 0 radical (unpaired) electrons. The lowest BCUT2D eigenvalue weighted by Gasteiger charge is -2.57. The molecule has 0 spiro atoms. The zero-order chi connectivity index (χ0) is 18.7. The molecule has 0 aliphatic heterocycles. The molecule has 0 aromatic rings. The van der Waals surface area contributed by atoms with Crippen molar-refractivity contribution in [1.82, 2.24) is 0 Å². The van der Waals surface area contributed by atoms with Gasteiger partial charge >= 0.3 is 0 Å². The van der Waals surface area contributed by atoms with Crippen molar-refractivity contribution in [2.45, 2.75) is 57.1 Å². The fourth-order valence-corrected chi connectivity index (χ4v) is 5.51. The van der Waals surface area contributed by atoms with Crippen LogP contribution in [0.1, 0.15) is 45.4 Å². The number of allylic oxidation sites excluding steroid dienone is 3. The Balaban J connectivity index is 1.90. The molecule has 0 amide bonds. The van der Waals surface area contributed by atoms with Crippen molar-refractivity contribution < 1.29 is 24.7 Å². The third-order valence-corrected chi connectivity index (χ3v) is 7.07. The topological polar surface area (TPSA) is 79.0 Å². The van der Waals surface area contributed by atoms with Gasteiger partial charge in [0.2, 0.25) is 5.78 Å². The van der Waals surface area contributed by atoms with E-state index in [1.54, 1.807) is 6.08 Å². The molecule has 4 aliphatic carbocycles. The highest BCUT2D eigenvalue weighted by Gasteiger charge is 2.64. The molecular formula is C21H28NO4+. The van der Waals surface area contributed by atoms with E-state index in [-0.39, 0.29) is 24.0 Å². The summed E-state index contributed by atoms with van der Waals surface area (Å²) in [6.45, 7) is 2.95. The van der Waals surface area contributed by atoms with Gasteiger partial charge in [0.05, 0.1) is 13.6 Å². The second-order valence-corrected chi connectivity index (χ2v) is 8.59. The molecule has 5 nitrogen and oxygen atoms in total. The monoisotopic (exact) mass is 358 g/mol. The Hall–Kier alpha value is -1.72. The van der Waals surface area contributed by atoms with Gasteiger partial charge in [-0.1, -0.05) is 13.0 Å². The molecule has 140 valence electrons. The number of ketones is 2. The molecule has 0 bridgehead atoms. The van der Waals surface area contributed by atoms with Crippen molar-refractivity contribution in [3.8, 4) is 0 Å². The number of carbonyl (C=O) groups excluding carboxylic acids is 2. The van der Waals surface area contributed by atoms with Crippen LogP contribution in [0.15, 0.2) is 35.1 Å². The largest absolute Gasteiger partial charge is 0.504 e. The average Bonchev–Trinajstić information content (AvgIpc) is 3.42. The summed E-state index contributed by atoms with van der Waals surface area (Å²) >= 11 is 0. The van der Waals surface area contributed by atoms with Crippen LogP contribution in [-0.2, 0) is 9.59 Å². The molecule has 3 N–H and O–H groups in total. The summed E-state index contributed by atoms with van der Waals surface area (Å²) in [6.07, 6.45) is 9.08. The Morgan fingerprint density at radius 3 is 2.65 bits per heavy atom. The van der Waals surface area contributed by atoms with Crippen LogP contribution in [0.2, 0.25) is 0 Å². The van der Waals surface area contributed by atoms with E-state index in [2.05, 4.69) is 7.05 Å². The van der Waals surface area contributed by atoms with Crippen LogP contribution >= 0.6 is 0 Å². The Bertz CT molecular complexity index is 760. The van der Waals surface area contributed by atoms with Crippen molar-refractivity contribution in [2.24, 2.45) is 11.3 Å². The van der Waals surface area contributed by atoms with E-state index < -0.39 is 16.8 Å². The number of fused-ring (bicyclic) bond motifs is 3. The van der Waals surface area contributed by atoms with Crippen molar-refractivity contribution in [2.75, 3.05) is 13.6 Å². The van der Waals surface area contributed by atoms with Crippen LogP contribution in [0.25, 0.3) is 0 Å². The number of carbonyl (C=O) groups is 2. The molecule has 4 aliphatic rings. The van der Waals surface area contributed by atoms with Crippen LogP contribution in [-0.4, -0.2) is 47.0 Å². The molecule has 3 unspecified atom stereocenters. The van der Waals surface area contributed by atoms with Crippen LogP contribution in [0, 0.1) is 11.3 Å². The summed E-state index contributed by atoms with van der Waals surface area (Å²) in [5.41, 5.74) is -0.749. The van der Waals surface area contributed by atoms with Gasteiger partial charge in [-0.15, -0.1) is 0 Å². The Kier molecular flexibility index (Phi) is 4.01. The number of aliphatic hydroxyl groups excluding tert-OH is 1. The molecule has 4 atom stereocenters. The second kappa shape index (κ2) is 5.89. The summed E-state index contributed by atoms with van der Waals surface area (Å²) in [7, 11) is 2.11. The number of aliphatic hydroxyl groups is 2. The average molecular weight is 358 g/mol. The molecule has 0 aromatic carbocycles. The van der Waals surface area contributed by atoms with Crippen LogP contribution < -0.4 is 4.90 Å². The van der Waals surface area contributed by atoms with E-state index in [0.717, 1.165) is 12.1 Å². The molecule has 2 fully saturated rings. The quantitative estimate of drug-likeness (QED) is 0.702. The molecule has 5 heteroatoms. The van der Waals surface area contributed by atoms with Gasteiger partial charge in [0.15, 0.2) is 5.76 Å². The highest BCUT2D eigenvalue weighted by atomic mass is 16.3. The van der Waals surface area contributed by atoms with Crippen molar-refractivity contribution in [3.05, 3.63) is 35.1 Å². The van der Waals surface area contributed by atoms with Crippen LogP contribution in [0.5, 0.6) is 0 Å². The van der Waals surface area contributed by atoms with Crippen LogP contribution in [0.3, 0.4) is 0 Å². The lowest BCUT2D eigenvalue weighted by Crippen LogP contribution is -3.16. The number of hydrogen-bond acceptors (Lipinski definition) is 4. The lowest BCUT2D eigenvalue weighted by atomic mass is 9.50. The molecule has 2 saturated carbocycles. The first-order valence-electron chi connectivity index (χ1n) is 9.77. The van der Waals surface area contributed by atoms with Crippen molar-refractivity contribution in [3.63, 3.8) is 0 Å². The Morgan fingerprint density at radius 1 is 1.27 bits per heavy atom. The standard InChI is InChI=1S/C21H27NO4/c1-3-20-11-15(23)8-9-21(20,26)17(22(2)12-13-4-5-13)10-14-6-7-16(24)19(25)18(14)20/h6-7,10,13,17,25-26H,3-5,8-9,11-12H2,1-2H3/p+1/t17?,20-,21?/m1/s1. The van der Waals surface area contributed by atoms with Gasteiger partial charge in [0.25, 0.3) is 0 Å². The predicted octanol–water partition coefficient (Wildman–Crippen LogP) is 1.05. The first-order chi connectivity index (χ1) is 12.3. The zero-order valence-corrected chi connectivity index (χ0v) is 15.5. The number of likely N-dealkylation sites (N-methyl/N-ethyl adjacent to an activating group) is 1. The minimum Gasteiger partial charge on any atom is -0.504 e. The molecular weight excluding hydrogens is 330 g/mol. The molecule has 4 rings (SSSR count). The summed E-state index contributed by atoms with van der Waals surface area (Å²) in [5.74, 6) is 0.0697. The second-order valence-electron chi connectivity index (χ2n) is 8.59. The molecule has 0 heterocycles. The number of rotatable bonds is 4. The smallest absolute Gasteiger partial charge is 0.220 e. The first-order valence-corrected chi connectivity index (χ1v) is 9.77. The number of Topliss-reactive ketones (excluding diaryl/α,β-unsaturated/α-hetero) is 1. The highest BCUT2D eigenvalue weighted by molar-refractivity contribution is 6.05. The van der Waals surface area contributed by atoms with E-state index in [0.29, 0.717) is 30.8 Å². The minimum absolute atomic E-state index is 0.0960. The fraction of sp³-hybridized carbons (Fsp3) is 0.619. The SMILES string of the molecule is CC[C@]12CC(=O)CCC1(O)C([NH+](C)CC1CC1)C=C1C=CC(=O)C(O)=C12. The van der Waals surface area contributed by atoms with Gasteiger partial charge in [-0.3, -0.25) is 9.59 Å². The van der Waals surface area contributed by atoms with Gasteiger partial charge < -0.3 is 15.1 Å². The maximum absolute atomic E-state index is 12.4. The molecule has 0 aromatic heterocycles. The lowest BCUT2D eigenvalue weighted by molar-refractivity contribution is -0.910. The van der Waals surface area contributed by atoms with E-state index in [1.807, 2.05) is 13.0 Å². The fourth-order valence-electron chi connectivity index (χ4n) is 5.51. The van der Waals surface area contributed by atoms with E-state index in [4.69, 9.17) is 0 Å². The Labute approximate surface area is 154 Å². The molecule has 0 saturated heterocycles. The van der Waals surface area contributed by atoms with E-state index in [1.165, 1.54) is 23.8 Å². The van der Waals surface area contributed by atoms with Gasteiger partial charge in [-0.05, 0) is 43.4 Å². The third-order valence-electron chi connectivity index (χ3n) is 7.07. The van der Waals surface area contributed by atoms with Gasteiger partial charge in [0, 0.05) is 29.7 Å². The first kappa shape index (κ1) is 17.7. The molecule has 26 heavy (non-hydrogen) atoms. The van der Waals surface area contributed by atoms with Crippen molar-refractivity contribution in [1.29, 1.82) is 0 Å². The highest BCUT2D eigenvalue weighted by Crippen LogP contribution is 2.58. The minimum atomic E-state index is -1.13. The summed E-state index contributed by atoms with van der Waals surface area (Å²) in [5, 5.41) is 22.6. The number of nitrogens with one attached hydrogen (secondary N) is 1. The predicted molar refractivity (Wildman–Crippen MR) is 96.7 cm³/mol. The van der Waals surface area contributed by atoms with Gasteiger partial charge in [-0.2, -0.15) is 0 Å². The van der Waals surface area contributed by atoms with Crippen LogP contribution in [0.4, 0.5) is 0 Å². The van der Waals surface area contributed by atoms with Gasteiger partial charge in [0.1, 0.15) is 17.4 Å². The van der Waals surface area contributed by atoms with E-state index >= 15 is 0 Å². The summed E-state index contributed by atoms with van der Waals surface area (Å²) in [6, 6.07) is -0.152.